The molecule has 4 N–H and O–H groups in total. The molecule has 4 aromatic rings. The van der Waals surface area contributed by atoms with Gasteiger partial charge in [-0.1, -0.05) is 19.3 Å². The summed E-state index contributed by atoms with van der Waals surface area (Å²) >= 11 is 0. The fourth-order valence-corrected chi connectivity index (χ4v) is 5.85. The van der Waals surface area contributed by atoms with Crippen LogP contribution >= 0.6 is 0 Å². The summed E-state index contributed by atoms with van der Waals surface area (Å²) in [5.41, 5.74) is 3.08. The van der Waals surface area contributed by atoms with Gasteiger partial charge in [0.25, 0.3) is 5.91 Å². The number of nitrogens with one attached hydrogen (secondary N) is 2. The van der Waals surface area contributed by atoms with Crippen molar-refractivity contribution in [2.24, 2.45) is 0 Å². The first-order chi connectivity index (χ1) is 18.0. The van der Waals surface area contributed by atoms with Gasteiger partial charge in [0.15, 0.2) is 6.04 Å². The maximum atomic E-state index is 13.3. The minimum atomic E-state index is -1.29. The normalized spacial score (nSPS) is 19.4. The van der Waals surface area contributed by atoms with Crippen molar-refractivity contribution in [1.29, 1.82) is 0 Å². The summed E-state index contributed by atoms with van der Waals surface area (Å²) in [5, 5.41) is 23.0. The van der Waals surface area contributed by atoms with Gasteiger partial charge in [-0.05, 0) is 62.1 Å². The number of ether oxygens (including phenoxy) is 1. The molecule has 1 unspecified atom stereocenters. The molecule has 9 heteroatoms. The highest BCUT2D eigenvalue weighted by Gasteiger charge is 2.30. The van der Waals surface area contributed by atoms with Gasteiger partial charge >= 0.3 is 5.97 Å². The maximum Gasteiger partial charge on any atom is 0.331 e. The van der Waals surface area contributed by atoms with Crippen molar-refractivity contribution in [3.63, 3.8) is 0 Å². The zero-order valence-corrected chi connectivity index (χ0v) is 20.4. The van der Waals surface area contributed by atoms with Crippen LogP contribution in [0.2, 0.25) is 0 Å². The van der Waals surface area contributed by atoms with E-state index < -0.39 is 17.9 Å². The number of amides is 1. The fourth-order valence-electron chi connectivity index (χ4n) is 5.85. The van der Waals surface area contributed by atoms with E-state index in [0.29, 0.717) is 33.6 Å². The number of nitrogens with zero attached hydrogens (tertiary/aromatic N) is 2. The Morgan fingerprint density at radius 2 is 1.92 bits per heavy atom. The van der Waals surface area contributed by atoms with Crippen LogP contribution in [-0.4, -0.2) is 43.2 Å². The van der Waals surface area contributed by atoms with Crippen LogP contribution in [0, 0.1) is 0 Å². The van der Waals surface area contributed by atoms with E-state index in [1.165, 1.54) is 31.4 Å². The van der Waals surface area contributed by atoms with Crippen molar-refractivity contribution >= 4 is 33.8 Å². The second-order valence-corrected chi connectivity index (χ2v) is 10.1. The monoisotopic (exact) mass is 502 g/mol. The molecule has 9 nitrogen and oxygen atoms in total. The minimum Gasteiger partial charge on any atom is -0.508 e. The third-order valence-electron chi connectivity index (χ3n) is 7.67. The first-order valence-corrected chi connectivity index (χ1v) is 13.0. The largest absolute Gasteiger partial charge is 0.508 e. The zero-order valence-electron chi connectivity index (χ0n) is 20.4. The van der Waals surface area contributed by atoms with E-state index in [4.69, 9.17) is 9.72 Å². The Bertz CT molecular complexity index is 1480. The number of hydrogen-bond donors (Lipinski definition) is 4. The molecule has 2 atom stereocenters. The molecule has 192 valence electrons. The first kappa shape index (κ1) is 23.5. The molecule has 2 aromatic heterocycles. The van der Waals surface area contributed by atoms with Crippen LogP contribution in [0.1, 0.15) is 84.9 Å². The van der Waals surface area contributed by atoms with Crippen LogP contribution in [0.25, 0.3) is 21.9 Å². The molecule has 2 fully saturated rings. The molecule has 0 bridgehead atoms. The van der Waals surface area contributed by atoms with Gasteiger partial charge < -0.3 is 29.8 Å². The molecule has 0 spiro atoms. The van der Waals surface area contributed by atoms with Gasteiger partial charge in [-0.15, -0.1) is 0 Å². The van der Waals surface area contributed by atoms with E-state index >= 15 is 0 Å². The van der Waals surface area contributed by atoms with Gasteiger partial charge in [0, 0.05) is 40.9 Å². The summed E-state index contributed by atoms with van der Waals surface area (Å²) in [6, 6.07) is 9.14. The highest BCUT2D eigenvalue weighted by molar-refractivity contribution is 6.00. The van der Waals surface area contributed by atoms with Gasteiger partial charge in [0.2, 0.25) is 0 Å². The third kappa shape index (κ3) is 4.33. The molecule has 0 radical (unpaired) electrons. The molecule has 2 aromatic carbocycles. The number of imidazole rings is 1. The molecule has 1 saturated heterocycles. The molecule has 1 aliphatic heterocycles. The van der Waals surface area contributed by atoms with Crippen molar-refractivity contribution in [1.82, 2.24) is 19.9 Å². The van der Waals surface area contributed by atoms with Gasteiger partial charge in [-0.3, -0.25) is 4.79 Å². The van der Waals surface area contributed by atoms with Crippen molar-refractivity contribution in [3.05, 3.63) is 59.5 Å². The molecule has 3 heterocycles. The maximum absolute atomic E-state index is 13.3. The number of H-pyrrole nitrogens is 1. The van der Waals surface area contributed by atoms with E-state index in [0.717, 1.165) is 43.6 Å². The first-order valence-electron chi connectivity index (χ1n) is 13.0. The number of carboxylic acid groups (broad SMARTS) is 1. The summed E-state index contributed by atoms with van der Waals surface area (Å²) in [6.45, 7) is 0.731. The number of carbonyl (C=O) groups is 2. The van der Waals surface area contributed by atoms with Crippen molar-refractivity contribution in [2.45, 2.75) is 63.1 Å². The average Bonchev–Trinajstić information content (AvgIpc) is 3.65. The second kappa shape index (κ2) is 9.55. The quantitative estimate of drug-likeness (QED) is 0.289. The van der Waals surface area contributed by atoms with Crippen molar-refractivity contribution < 1.29 is 24.5 Å². The van der Waals surface area contributed by atoms with Crippen LogP contribution in [0.4, 0.5) is 0 Å². The van der Waals surface area contributed by atoms with Crippen molar-refractivity contribution in [2.75, 3.05) is 6.61 Å². The average molecular weight is 503 g/mol. The molecule has 1 aliphatic carbocycles. The topological polar surface area (TPSA) is 129 Å². The number of aromatic amines is 1. The molecule has 37 heavy (non-hydrogen) atoms. The Kier molecular flexibility index (Phi) is 6.08. The Morgan fingerprint density at radius 3 is 2.68 bits per heavy atom. The minimum absolute atomic E-state index is 0.0184. The summed E-state index contributed by atoms with van der Waals surface area (Å²) < 4.78 is 8.32. The Balaban J connectivity index is 1.33. The summed E-state index contributed by atoms with van der Waals surface area (Å²) in [4.78, 5) is 33.4. The van der Waals surface area contributed by atoms with Crippen LogP contribution in [-0.2, 0) is 9.53 Å². The Morgan fingerprint density at radius 1 is 1.08 bits per heavy atom. The lowest BCUT2D eigenvalue weighted by atomic mass is 9.95. The number of carboxylic acids is 1. The highest BCUT2D eigenvalue weighted by atomic mass is 16.5. The standard InChI is InChI=1S/C28H30N4O5/c33-18-9-10-21-19(14-18)20(15-29-21)25(28(35)36)31-27(34)16-8-11-23-22(13-16)30-26(24-7-4-12-37-24)32(23)17-5-2-1-3-6-17/h8-11,13-15,17,24-25,29,33H,1-7,12H2,(H,31,34)(H,35,36)/t24?,25-/m0/s1. The van der Waals surface area contributed by atoms with E-state index in [1.54, 1.807) is 24.4 Å². The highest BCUT2D eigenvalue weighted by Crippen LogP contribution is 2.38. The number of rotatable bonds is 6. The lowest BCUT2D eigenvalue weighted by molar-refractivity contribution is -0.139. The summed E-state index contributed by atoms with van der Waals surface area (Å²) in [5.74, 6) is -0.751. The van der Waals surface area contributed by atoms with Gasteiger partial charge in [0.1, 0.15) is 17.7 Å². The van der Waals surface area contributed by atoms with Crippen LogP contribution in [0.15, 0.2) is 42.6 Å². The number of phenolic OH excluding ortho intramolecular Hbond substituents is 1. The zero-order chi connectivity index (χ0) is 25.5. The predicted octanol–water partition coefficient (Wildman–Crippen LogP) is 5.14. The lowest BCUT2D eigenvalue weighted by Gasteiger charge is -2.26. The SMILES string of the molecule is O=C(N[C@H](C(=O)O)c1c[nH]c2ccc(O)cc12)c1ccc2c(c1)nc(C1CCCO1)n2C1CCCCC1. The molecular formula is C28H30N4O5. The molecular weight excluding hydrogens is 472 g/mol. The number of benzene rings is 2. The summed E-state index contributed by atoms with van der Waals surface area (Å²) in [6.07, 6.45) is 9.30. The molecule has 6 rings (SSSR count). The number of aromatic hydroxyl groups is 1. The third-order valence-corrected chi connectivity index (χ3v) is 7.67. The summed E-state index contributed by atoms with van der Waals surface area (Å²) in [7, 11) is 0. The van der Waals surface area contributed by atoms with E-state index in [1.807, 2.05) is 6.07 Å². The molecule has 1 amide bonds. The van der Waals surface area contributed by atoms with Crippen molar-refractivity contribution in [3.8, 4) is 5.75 Å². The molecule has 2 aliphatic rings. The van der Waals surface area contributed by atoms with Crippen LogP contribution < -0.4 is 5.32 Å². The van der Waals surface area contributed by atoms with Gasteiger partial charge in [-0.25, -0.2) is 9.78 Å². The Labute approximate surface area is 213 Å². The van der Waals surface area contributed by atoms with Crippen LogP contribution in [0.5, 0.6) is 5.75 Å². The van der Waals surface area contributed by atoms with Crippen LogP contribution in [0.3, 0.4) is 0 Å². The van der Waals surface area contributed by atoms with E-state index in [2.05, 4.69) is 14.9 Å². The second-order valence-electron chi connectivity index (χ2n) is 10.1. The van der Waals surface area contributed by atoms with Gasteiger partial charge in [-0.2, -0.15) is 0 Å². The number of carbonyl (C=O) groups excluding carboxylic acids is 1. The lowest BCUT2D eigenvalue weighted by Crippen LogP contribution is -2.33. The number of fused-ring (bicyclic) bond motifs is 2. The fraction of sp³-hybridized carbons (Fsp3) is 0.393. The van der Waals surface area contributed by atoms with E-state index in [9.17, 15) is 19.8 Å². The number of aromatic nitrogens is 3. The number of aliphatic carboxylic acids is 1. The van der Waals surface area contributed by atoms with E-state index in [-0.39, 0.29) is 11.9 Å². The van der Waals surface area contributed by atoms with Gasteiger partial charge in [0.05, 0.1) is 11.0 Å². The molecule has 1 saturated carbocycles. The smallest absolute Gasteiger partial charge is 0.331 e. The Hall–Kier alpha value is -3.85. The number of hydrogen-bond acceptors (Lipinski definition) is 5. The number of phenols is 1. The predicted molar refractivity (Wildman–Crippen MR) is 138 cm³/mol.